The second-order valence-electron chi connectivity index (χ2n) is 3.01. The van der Waals surface area contributed by atoms with Crippen LogP contribution >= 0.6 is 11.3 Å². The fourth-order valence-corrected chi connectivity index (χ4v) is 2.06. The molecule has 0 aliphatic rings. The molecule has 0 amide bonds. The van der Waals surface area contributed by atoms with Crippen molar-refractivity contribution in [2.75, 3.05) is 7.11 Å². The van der Waals surface area contributed by atoms with Crippen molar-refractivity contribution < 1.29 is 9.53 Å². The number of nitrogens with zero attached hydrogens (tertiary/aromatic N) is 3. The van der Waals surface area contributed by atoms with Gasteiger partial charge in [-0.3, -0.25) is 9.97 Å². The lowest BCUT2D eigenvalue weighted by Gasteiger charge is -1.94. The molecule has 16 heavy (non-hydrogen) atoms. The summed E-state index contributed by atoms with van der Waals surface area (Å²) in [6, 6.07) is 0. The lowest BCUT2D eigenvalue weighted by Crippen LogP contribution is -2.03. The molecule has 2 rings (SSSR count). The van der Waals surface area contributed by atoms with Gasteiger partial charge in [-0.15, -0.1) is 11.3 Å². The van der Waals surface area contributed by atoms with Crippen LogP contribution in [0.2, 0.25) is 0 Å². The predicted octanol–water partition coefficient (Wildman–Crippen LogP) is 1.70. The highest BCUT2D eigenvalue weighted by molar-refractivity contribution is 7.15. The molecule has 82 valence electrons. The first-order chi connectivity index (χ1) is 7.72. The number of aromatic nitrogens is 3. The zero-order valence-electron chi connectivity index (χ0n) is 8.80. The van der Waals surface area contributed by atoms with Gasteiger partial charge < -0.3 is 4.74 Å². The van der Waals surface area contributed by atoms with Crippen LogP contribution in [0.1, 0.15) is 15.4 Å². The molecule has 5 nitrogen and oxygen atoms in total. The maximum absolute atomic E-state index is 11.4. The van der Waals surface area contributed by atoms with Gasteiger partial charge in [-0.05, 0) is 6.92 Å². The number of thiazole rings is 1. The lowest BCUT2D eigenvalue weighted by molar-refractivity contribution is 0.0594. The fourth-order valence-electron chi connectivity index (χ4n) is 1.20. The van der Waals surface area contributed by atoms with Gasteiger partial charge in [0, 0.05) is 17.3 Å². The van der Waals surface area contributed by atoms with Crippen LogP contribution in [0, 0.1) is 6.92 Å². The minimum atomic E-state index is -0.427. The van der Waals surface area contributed by atoms with Crippen molar-refractivity contribution >= 4 is 17.3 Å². The van der Waals surface area contributed by atoms with Gasteiger partial charge in [0.25, 0.3) is 0 Å². The minimum absolute atomic E-state index is 0.341. The van der Waals surface area contributed by atoms with Gasteiger partial charge in [0.2, 0.25) is 0 Å². The molecule has 0 saturated carbocycles. The molecule has 0 N–H and O–H groups in total. The predicted molar refractivity (Wildman–Crippen MR) is 59.2 cm³/mol. The Morgan fingerprint density at radius 3 is 2.88 bits per heavy atom. The van der Waals surface area contributed by atoms with Crippen molar-refractivity contribution in [3.8, 4) is 10.7 Å². The quantitative estimate of drug-likeness (QED) is 0.741. The zero-order chi connectivity index (χ0) is 11.5. The first kappa shape index (κ1) is 10.7. The molecule has 0 aliphatic carbocycles. The van der Waals surface area contributed by atoms with E-state index in [4.69, 9.17) is 0 Å². The standard InChI is InChI=1S/C10H9N3O2S/c1-6-8(10(14)15-2)13-9(16-6)7-5-11-3-4-12-7/h3-5H,1-2H3. The second-order valence-corrected chi connectivity index (χ2v) is 4.21. The topological polar surface area (TPSA) is 65.0 Å². The van der Waals surface area contributed by atoms with Gasteiger partial charge in [-0.25, -0.2) is 9.78 Å². The summed E-state index contributed by atoms with van der Waals surface area (Å²) in [5.41, 5.74) is 0.999. The van der Waals surface area contributed by atoms with E-state index in [9.17, 15) is 4.79 Å². The van der Waals surface area contributed by atoms with Gasteiger partial charge in [-0.2, -0.15) is 0 Å². The van der Waals surface area contributed by atoms with Crippen LogP contribution in [0.5, 0.6) is 0 Å². The normalized spacial score (nSPS) is 10.1. The molecule has 0 unspecified atom stereocenters. The van der Waals surface area contributed by atoms with Crippen LogP contribution in [0.25, 0.3) is 10.7 Å². The van der Waals surface area contributed by atoms with Gasteiger partial charge in [0.15, 0.2) is 5.69 Å². The van der Waals surface area contributed by atoms with Crippen molar-refractivity contribution in [2.45, 2.75) is 6.92 Å². The Hall–Kier alpha value is -1.82. The number of hydrogen-bond acceptors (Lipinski definition) is 6. The average Bonchev–Trinajstić information content (AvgIpc) is 2.71. The van der Waals surface area contributed by atoms with E-state index < -0.39 is 5.97 Å². The second kappa shape index (κ2) is 4.36. The molecule has 0 aromatic carbocycles. The molecule has 0 fully saturated rings. The molecule has 0 saturated heterocycles. The van der Waals surface area contributed by atoms with E-state index in [-0.39, 0.29) is 0 Å². The molecule has 0 atom stereocenters. The van der Waals surface area contributed by atoms with Crippen molar-refractivity contribution in [1.82, 2.24) is 15.0 Å². The van der Waals surface area contributed by atoms with E-state index in [2.05, 4.69) is 19.7 Å². The van der Waals surface area contributed by atoms with E-state index in [0.29, 0.717) is 16.4 Å². The Kier molecular flexibility index (Phi) is 2.91. The number of carbonyl (C=O) groups is 1. The number of ether oxygens (including phenoxy) is 1. The van der Waals surface area contributed by atoms with Crippen LogP contribution in [0.4, 0.5) is 0 Å². The fraction of sp³-hybridized carbons (Fsp3) is 0.200. The Labute approximate surface area is 96.2 Å². The average molecular weight is 235 g/mol. The third kappa shape index (κ3) is 1.92. The first-order valence-corrected chi connectivity index (χ1v) is 5.36. The van der Waals surface area contributed by atoms with Crippen molar-refractivity contribution in [3.63, 3.8) is 0 Å². The van der Waals surface area contributed by atoms with Crippen LogP contribution < -0.4 is 0 Å². The van der Waals surface area contributed by atoms with E-state index >= 15 is 0 Å². The number of esters is 1. The van der Waals surface area contributed by atoms with Crippen LogP contribution in [0.15, 0.2) is 18.6 Å². The van der Waals surface area contributed by atoms with Crippen LogP contribution in [-0.2, 0) is 4.74 Å². The molecule has 0 spiro atoms. The Morgan fingerprint density at radius 1 is 1.44 bits per heavy atom. The zero-order valence-corrected chi connectivity index (χ0v) is 9.61. The Balaban J connectivity index is 2.42. The number of rotatable bonds is 2. The summed E-state index contributed by atoms with van der Waals surface area (Å²) in [6.45, 7) is 1.82. The first-order valence-electron chi connectivity index (χ1n) is 4.54. The largest absolute Gasteiger partial charge is 0.464 e. The monoisotopic (exact) mass is 235 g/mol. The molecule has 0 bridgehead atoms. The maximum Gasteiger partial charge on any atom is 0.357 e. The molecular formula is C10H9N3O2S. The summed E-state index contributed by atoms with van der Waals surface area (Å²) in [7, 11) is 1.34. The lowest BCUT2D eigenvalue weighted by atomic mass is 10.4. The van der Waals surface area contributed by atoms with E-state index in [1.165, 1.54) is 18.4 Å². The van der Waals surface area contributed by atoms with Crippen LogP contribution in [0.3, 0.4) is 0 Å². The van der Waals surface area contributed by atoms with Gasteiger partial charge in [0.1, 0.15) is 10.7 Å². The Bertz CT molecular complexity index is 510. The smallest absolute Gasteiger partial charge is 0.357 e. The molecule has 0 radical (unpaired) electrons. The molecule has 2 heterocycles. The van der Waals surface area contributed by atoms with Gasteiger partial charge >= 0.3 is 5.97 Å². The molecular weight excluding hydrogens is 226 g/mol. The van der Waals surface area contributed by atoms with Gasteiger partial charge in [-0.1, -0.05) is 0 Å². The van der Waals surface area contributed by atoms with E-state index in [0.717, 1.165) is 4.88 Å². The molecule has 0 aliphatic heterocycles. The van der Waals surface area contributed by atoms with Crippen molar-refractivity contribution in [2.24, 2.45) is 0 Å². The summed E-state index contributed by atoms with van der Waals surface area (Å²) in [6.07, 6.45) is 4.79. The van der Waals surface area contributed by atoms with E-state index in [1.807, 2.05) is 6.92 Å². The third-order valence-corrected chi connectivity index (χ3v) is 2.95. The summed E-state index contributed by atoms with van der Waals surface area (Å²) >= 11 is 1.40. The highest BCUT2D eigenvalue weighted by atomic mass is 32.1. The summed E-state index contributed by atoms with van der Waals surface area (Å²) < 4.78 is 4.64. The Morgan fingerprint density at radius 2 is 2.25 bits per heavy atom. The van der Waals surface area contributed by atoms with Gasteiger partial charge in [0.05, 0.1) is 13.3 Å². The highest BCUT2D eigenvalue weighted by Gasteiger charge is 2.16. The summed E-state index contributed by atoms with van der Waals surface area (Å²) in [5, 5.41) is 0.672. The summed E-state index contributed by atoms with van der Waals surface area (Å²) in [5.74, 6) is -0.427. The number of hydrogen-bond donors (Lipinski definition) is 0. The van der Waals surface area contributed by atoms with Crippen LogP contribution in [-0.4, -0.2) is 28.0 Å². The number of carbonyl (C=O) groups excluding carboxylic acids is 1. The highest BCUT2D eigenvalue weighted by Crippen LogP contribution is 2.25. The maximum atomic E-state index is 11.4. The van der Waals surface area contributed by atoms with Crippen molar-refractivity contribution in [3.05, 3.63) is 29.2 Å². The van der Waals surface area contributed by atoms with Crippen molar-refractivity contribution in [1.29, 1.82) is 0 Å². The third-order valence-electron chi connectivity index (χ3n) is 1.96. The van der Waals surface area contributed by atoms with E-state index in [1.54, 1.807) is 18.6 Å². The minimum Gasteiger partial charge on any atom is -0.464 e. The summed E-state index contributed by atoms with van der Waals surface area (Å²) in [4.78, 5) is 24.4. The number of aryl methyl sites for hydroxylation is 1. The molecule has 6 heteroatoms. The SMILES string of the molecule is COC(=O)c1nc(-c2cnccn2)sc1C. The molecule has 2 aromatic heterocycles. The molecule has 2 aromatic rings. The number of methoxy groups -OCH3 is 1.